The summed E-state index contributed by atoms with van der Waals surface area (Å²) in [6.45, 7) is 2.99. The lowest BCUT2D eigenvalue weighted by Crippen LogP contribution is -2.29. The van der Waals surface area contributed by atoms with E-state index in [2.05, 4.69) is 20.7 Å². The monoisotopic (exact) mass is 400 g/mol. The molecule has 120 valence electrons. The quantitative estimate of drug-likeness (QED) is 0.783. The van der Waals surface area contributed by atoms with E-state index >= 15 is 0 Å². The molecule has 1 atom stereocenters. The van der Waals surface area contributed by atoms with Gasteiger partial charge in [-0.05, 0) is 35.3 Å². The summed E-state index contributed by atoms with van der Waals surface area (Å²) < 4.78 is 38.2. The normalized spacial score (nSPS) is 15.2. The maximum atomic E-state index is 12.2. The summed E-state index contributed by atoms with van der Waals surface area (Å²) in [6.07, 6.45) is 0.571. The lowest BCUT2D eigenvalue weighted by atomic mass is 10.3. The Morgan fingerprint density at radius 3 is 2.48 bits per heavy atom. The Morgan fingerprint density at radius 1 is 1.33 bits per heavy atom. The van der Waals surface area contributed by atoms with Crippen LogP contribution in [-0.4, -0.2) is 34.2 Å². The highest BCUT2D eigenvalue weighted by atomic mass is 79.9. The molecule has 9 heteroatoms. The van der Waals surface area contributed by atoms with E-state index in [0.717, 1.165) is 0 Å². The lowest BCUT2D eigenvalue weighted by Gasteiger charge is -2.20. The zero-order valence-corrected chi connectivity index (χ0v) is 14.7. The Kier molecular flexibility index (Phi) is 6.73. The number of hydrogen-bond donors (Lipinski definition) is 2. The van der Waals surface area contributed by atoms with Gasteiger partial charge in [0.25, 0.3) is 0 Å². The van der Waals surface area contributed by atoms with Crippen LogP contribution in [0, 0.1) is 0 Å². The van der Waals surface area contributed by atoms with Crippen LogP contribution in [0.15, 0.2) is 21.5 Å². The number of hydrogen-bond acceptors (Lipinski definition) is 5. The number of nitrogens with one attached hydrogen (secondary N) is 1. The van der Waals surface area contributed by atoms with Crippen LogP contribution in [0.2, 0.25) is 0 Å². The zero-order valence-electron chi connectivity index (χ0n) is 11.5. The molecule has 3 N–H and O–H groups in total. The molecule has 1 aliphatic heterocycles. The van der Waals surface area contributed by atoms with Gasteiger partial charge in [-0.25, -0.2) is 13.1 Å². The van der Waals surface area contributed by atoms with Gasteiger partial charge in [-0.3, -0.25) is 0 Å². The van der Waals surface area contributed by atoms with Gasteiger partial charge in [0.1, 0.15) is 18.1 Å². The number of halogens is 2. The third-order valence-electron chi connectivity index (χ3n) is 2.78. The van der Waals surface area contributed by atoms with Crippen LogP contribution in [0.5, 0.6) is 11.5 Å². The van der Waals surface area contributed by atoms with E-state index in [4.69, 9.17) is 15.2 Å². The number of nitrogens with two attached hydrogens (primary N) is 1. The summed E-state index contributed by atoms with van der Waals surface area (Å²) in [4.78, 5) is 0.131. The van der Waals surface area contributed by atoms with Crippen molar-refractivity contribution in [3.05, 3.63) is 16.6 Å². The molecule has 1 unspecified atom stereocenters. The van der Waals surface area contributed by atoms with Crippen molar-refractivity contribution in [2.75, 3.05) is 19.8 Å². The predicted octanol–water partition coefficient (Wildman–Crippen LogP) is 1.66. The van der Waals surface area contributed by atoms with Crippen molar-refractivity contribution < 1.29 is 17.9 Å². The van der Waals surface area contributed by atoms with E-state index < -0.39 is 10.0 Å². The van der Waals surface area contributed by atoms with Gasteiger partial charge in [0.05, 0.1) is 0 Å². The van der Waals surface area contributed by atoms with Gasteiger partial charge in [0.15, 0.2) is 11.5 Å². The summed E-state index contributed by atoms with van der Waals surface area (Å²) >= 11 is 3.25. The molecule has 1 heterocycles. The Labute approximate surface area is 139 Å². The molecule has 6 nitrogen and oxygen atoms in total. The summed E-state index contributed by atoms with van der Waals surface area (Å²) in [6, 6.07) is 3.02. The topological polar surface area (TPSA) is 90.7 Å². The van der Waals surface area contributed by atoms with Crippen LogP contribution >= 0.6 is 28.3 Å². The molecule has 0 spiro atoms. The van der Waals surface area contributed by atoms with Crippen molar-refractivity contribution in [1.29, 1.82) is 0 Å². The maximum Gasteiger partial charge on any atom is 0.241 e. The van der Waals surface area contributed by atoms with Gasteiger partial charge in [0.2, 0.25) is 10.0 Å². The summed E-state index contributed by atoms with van der Waals surface area (Å²) in [5.41, 5.74) is 5.60. The van der Waals surface area contributed by atoms with Crippen LogP contribution in [0.25, 0.3) is 0 Å². The number of benzene rings is 1. The number of rotatable bonds is 5. The Balaban J connectivity index is 0.00000220. The number of ether oxygens (including phenoxy) is 2. The van der Waals surface area contributed by atoms with Gasteiger partial charge in [-0.2, -0.15) is 0 Å². The van der Waals surface area contributed by atoms with E-state index in [1.54, 1.807) is 6.07 Å². The fourth-order valence-electron chi connectivity index (χ4n) is 1.75. The molecule has 1 aromatic carbocycles. The smallest absolute Gasteiger partial charge is 0.241 e. The standard InChI is InChI=1S/C12H17BrN2O4S.ClH/c1-8(14)2-3-15-20(16,17)12-7-11-10(6-9(12)13)18-4-5-19-11;/h6-8,15H,2-5,14H2,1H3;1H. The number of fused-ring (bicyclic) bond motifs is 1. The van der Waals surface area contributed by atoms with Crippen LogP contribution < -0.4 is 19.9 Å². The van der Waals surface area contributed by atoms with Crippen LogP contribution in [0.1, 0.15) is 13.3 Å². The average Bonchev–Trinajstić information content (AvgIpc) is 2.37. The van der Waals surface area contributed by atoms with E-state index in [1.165, 1.54) is 6.07 Å². The van der Waals surface area contributed by atoms with Crippen molar-refractivity contribution in [3.63, 3.8) is 0 Å². The molecule has 0 saturated heterocycles. The van der Waals surface area contributed by atoms with Crippen LogP contribution in [0.4, 0.5) is 0 Å². The molecule has 0 aliphatic carbocycles. The van der Waals surface area contributed by atoms with Crippen molar-refractivity contribution in [2.24, 2.45) is 5.73 Å². The van der Waals surface area contributed by atoms with Crippen molar-refractivity contribution >= 4 is 38.4 Å². The minimum atomic E-state index is -3.61. The first kappa shape index (κ1) is 18.5. The molecular formula is C12H18BrClN2O4S. The van der Waals surface area contributed by atoms with E-state index in [-0.39, 0.29) is 23.3 Å². The third kappa shape index (κ3) is 4.72. The van der Waals surface area contributed by atoms with Gasteiger partial charge < -0.3 is 15.2 Å². The molecular weight excluding hydrogens is 384 g/mol. The highest BCUT2D eigenvalue weighted by Crippen LogP contribution is 2.37. The first-order valence-electron chi connectivity index (χ1n) is 6.24. The van der Waals surface area contributed by atoms with Crippen LogP contribution in [0.3, 0.4) is 0 Å². The Morgan fingerprint density at radius 2 is 1.90 bits per heavy atom. The molecule has 0 bridgehead atoms. The summed E-state index contributed by atoms with van der Waals surface area (Å²) in [7, 11) is -3.61. The zero-order chi connectivity index (χ0) is 14.8. The largest absolute Gasteiger partial charge is 0.486 e. The van der Waals surface area contributed by atoms with Crippen molar-refractivity contribution in [3.8, 4) is 11.5 Å². The second-order valence-corrected chi connectivity index (χ2v) is 7.18. The minimum Gasteiger partial charge on any atom is -0.486 e. The van der Waals surface area contributed by atoms with Gasteiger partial charge in [0, 0.05) is 23.1 Å². The molecule has 1 aliphatic rings. The fraction of sp³-hybridized carbons (Fsp3) is 0.500. The molecule has 2 rings (SSSR count). The fourth-order valence-corrected chi connectivity index (χ4v) is 3.83. The highest BCUT2D eigenvalue weighted by Gasteiger charge is 2.22. The number of sulfonamides is 1. The van der Waals surface area contributed by atoms with E-state index in [0.29, 0.717) is 42.2 Å². The molecule has 0 fully saturated rings. The molecule has 0 aromatic heterocycles. The lowest BCUT2D eigenvalue weighted by molar-refractivity contribution is 0.171. The maximum absolute atomic E-state index is 12.2. The second-order valence-electron chi connectivity index (χ2n) is 4.59. The molecule has 0 saturated carbocycles. The molecule has 0 amide bonds. The first-order chi connectivity index (χ1) is 9.40. The second kappa shape index (κ2) is 7.64. The minimum absolute atomic E-state index is 0. The first-order valence-corrected chi connectivity index (χ1v) is 8.52. The van der Waals surface area contributed by atoms with E-state index in [1.807, 2.05) is 6.92 Å². The van der Waals surface area contributed by atoms with E-state index in [9.17, 15) is 8.42 Å². The average molecular weight is 402 g/mol. The predicted molar refractivity (Wildman–Crippen MR) is 85.8 cm³/mol. The molecule has 21 heavy (non-hydrogen) atoms. The van der Waals surface area contributed by atoms with Crippen molar-refractivity contribution in [2.45, 2.75) is 24.3 Å². The molecule has 0 radical (unpaired) electrons. The van der Waals surface area contributed by atoms with Gasteiger partial charge >= 0.3 is 0 Å². The Bertz CT molecular complexity index is 595. The highest BCUT2D eigenvalue weighted by molar-refractivity contribution is 9.10. The molecule has 1 aromatic rings. The summed E-state index contributed by atoms with van der Waals surface area (Å²) in [5, 5.41) is 0. The summed E-state index contributed by atoms with van der Waals surface area (Å²) in [5.74, 6) is 0.977. The van der Waals surface area contributed by atoms with Gasteiger partial charge in [-0.15, -0.1) is 12.4 Å². The SMILES string of the molecule is CC(N)CCNS(=O)(=O)c1cc2c(cc1Br)OCCO2.Cl. The van der Waals surface area contributed by atoms with Crippen LogP contribution in [-0.2, 0) is 10.0 Å². The Hall–Kier alpha value is -0.540. The van der Waals surface area contributed by atoms with Gasteiger partial charge in [-0.1, -0.05) is 0 Å². The van der Waals surface area contributed by atoms with Crippen molar-refractivity contribution in [1.82, 2.24) is 4.72 Å². The third-order valence-corrected chi connectivity index (χ3v) is 5.20.